The van der Waals surface area contributed by atoms with Gasteiger partial charge in [0.1, 0.15) is 11.6 Å². The summed E-state index contributed by atoms with van der Waals surface area (Å²) < 4.78 is 13.4. The third-order valence-electron chi connectivity index (χ3n) is 2.50. The van der Waals surface area contributed by atoms with E-state index in [0.717, 1.165) is 18.4 Å². The normalized spacial score (nSPS) is 12.5. The fourth-order valence-electron chi connectivity index (χ4n) is 1.59. The molecular formula is C13H17BrFNO. The molecule has 0 aliphatic rings. The Morgan fingerprint density at radius 3 is 2.82 bits per heavy atom. The average molecular weight is 302 g/mol. The summed E-state index contributed by atoms with van der Waals surface area (Å²) in [6.45, 7) is 1.93. The van der Waals surface area contributed by atoms with Crippen molar-refractivity contribution < 1.29 is 9.18 Å². The Morgan fingerprint density at radius 1 is 1.53 bits per heavy atom. The van der Waals surface area contributed by atoms with Crippen molar-refractivity contribution in [1.82, 2.24) is 0 Å². The van der Waals surface area contributed by atoms with Gasteiger partial charge >= 0.3 is 0 Å². The van der Waals surface area contributed by atoms with E-state index in [1.54, 1.807) is 12.1 Å². The molecule has 1 aromatic carbocycles. The summed E-state index contributed by atoms with van der Waals surface area (Å²) in [6, 6.07) is 4.81. The van der Waals surface area contributed by atoms with Crippen LogP contribution in [0.25, 0.3) is 0 Å². The highest BCUT2D eigenvalue weighted by molar-refractivity contribution is 9.10. The van der Waals surface area contributed by atoms with Crippen molar-refractivity contribution in [3.05, 3.63) is 34.1 Å². The molecule has 0 saturated carbocycles. The molecule has 0 spiro atoms. The van der Waals surface area contributed by atoms with Crippen LogP contribution in [-0.4, -0.2) is 11.8 Å². The molecule has 1 aromatic rings. The molecule has 0 amide bonds. The lowest BCUT2D eigenvalue weighted by atomic mass is 10.0. The third-order valence-corrected chi connectivity index (χ3v) is 3.11. The number of hydrogen-bond donors (Lipinski definition) is 1. The second kappa shape index (κ2) is 6.87. The highest BCUT2D eigenvalue weighted by atomic mass is 79.9. The summed E-state index contributed by atoms with van der Waals surface area (Å²) in [6.07, 6.45) is 2.58. The number of hydrogen-bond acceptors (Lipinski definition) is 2. The summed E-state index contributed by atoms with van der Waals surface area (Å²) >= 11 is 3.10. The van der Waals surface area contributed by atoms with Crippen LogP contribution in [0.3, 0.4) is 0 Å². The molecule has 0 saturated heterocycles. The lowest BCUT2D eigenvalue weighted by Crippen LogP contribution is -2.15. The number of carbonyl (C=O) groups excluding carboxylic acids is 1. The monoisotopic (exact) mass is 301 g/mol. The van der Waals surface area contributed by atoms with Crippen molar-refractivity contribution in [2.45, 2.75) is 38.6 Å². The number of ketones is 1. The maximum atomic E-state index is 13.0. The zero-order valence-corrected chi connectivity index (χ0v) is 11.5. The summed E-state index contributed by atoms with van der Waals surface area (Å²) in [7, 11) is 0. The summed E-state index contributed by atoms with van der Waals surface area (Å²) in [5.41, 5.74) is 6.45. The van der Waals surface area contributed by atoms with E-state index in [1.165, 1.54) is 6.07 Å². The Labute approximate surface area is 110 Å². The lowest BCUT2D eigenvalue weighted by molar-refractivity contribution is -0.118. The van der Waals surface area contributed by atoms with Gasteiger partial charge < -0.3 is 5.73 Å². The molecule has 0 bridgehead atoms. The third kappa shape index (κ3) is 5.41. The van der Waals surface area contributed by atoms with Crippen molar-refractivity contribution in [3.63, 3.8) is 0 Å². The zero-order valence-electron chi connectivity index (χ0n) is 9.88. The van der Waals surface area contributed by atoms with Crippen LogP contribution in [0, 0.1) is 5.82 Å². The standard InChI is InChI=1S/C13H17BrFNO/c1-9(16)3-2-4-11(17)7-10-5-6-13(15)12(14)8-10/h5-6,8-9H,2-4,7,16H2,1H3. The highest BCUT2D eigenvalue weighted by Gasteiger charge is 2.06. The van der Waals surface area contributed by atoms with Gasteiger partial charge in [0.2, 0.25) is 0 Å². The van der Waals surface area contributed by atoms with Gasteiger partial charge in [-0.05, 0) is 53.4 Å². The van der Waals surface area contributed by atoms with Crippen LogP contribution in [0.2, 0.25) is 0 Å². The number of nitrogens with two attached hydrogens (primary N) is 1. The summed E-state index contributed by atoms with van der Waals surface area (Å²) in [5.74, 6) is -0.137. The average Bonchev–Trinajstić information content (AvgIpc) is 2.23. The van der Waals surface area contributed by atoms with E-state index in [0.29, 0.717) is 17.3 Å². The van der Waals surface area contributed by atoms with Gasteiger partial charge in [0.15, 0.2) is 0 Å². The number of rotatable bonds is 6. The van der Waals surface area contributed by atoms with E-state index in [9.17, 15) is 9.18 Å². The molecule has 0 radical (unpaired) electrons. The Morgan fingerprint density at radius 2 is 2.24 bits per heavy atom. The Balaban J connectivity index is 2.42. The maximum absolute atomic E-state index is 13.0. The molecule has 1 unspecified atom stereocenters. The molecule has 1 rings (SSSR count). The Hall–Kier alpha value is -0.740. The van der Waals surface area contributed by atoms with E-state index < -0.39 is 0 Å². The zero-order chi connectivity index (χ0) is 12.8. The lowest BCUT2D eigenvalue weighted by Gasteiger charge is -2.05. The predicted octanol–water partition coefficient (Wildman–Crippen LogP) is 3.22. The van der Waals surface area contributed by atoms with Gasteiger partial charge in [-0.3, -0.25) is 4.79 Å². The second-order valence-corrected chi connectivity index (χ2v) is 5.19. The molecule has 4 heteroatoms. The molecule has 0 fully saturated rings. The van der Waals surface area contributed by atoms with Gasteiger partial charge in [-0.1, -0.05) is 6.07 Å². The minimum Gasteiger partial charge on any atom is -0.328 e. The molecule has 2 nitrogen and oxygen atoms in total. The largest absolute Gasteiger partial charge is 0.328 e. The van der Waals surface area contributed by atoms with E-state index in [2.05, 4.69) is 15.9 Å². The molecule has 17 heavy (non-hydrogen) atoms. The second-order valence-electron chi connectivity index (χ2n) is 4.33. The quantitative estimate of drug-likeness (QED) is 0.877. The molecule has 94 valence electrons. The first-order valence-electron chi connectivity index (χ1n) is 5.70. The van der Waals surface area contributed by atoms with E-state index in [-0.39, 0.29) is 17.6 Å². The molecule has 0 heterocycles. The Bertz CT molecular complexity index is 393. The van der Waals surface area contributed by atoms with Crippen molar-refractivity contribution in [2.24, 2.45) is 5.73 Å². The van der Waals surface area contributed by atoms with Crippen LogP contribution in [-0.2, 0) is 11.2 Å². The van der Waals surface area contributed by atoms with Crippen molar-refractivity contribution in [3.8, 4) is 0 Å². The number of benzene rings is 1. The topological polar surface area (TPSA) is 43.1 Å². The fourth-order valence-corrected chi connectivity index (χ4v) is 2.01. The predicted molar refractivity (Wildman–Crippen MR) is 70.3 cm³/mol. The van der Waals surface area contributed by atoms with Crippen LogP contribution >= 0.6 is 15.9 Å². The van der Waals surface area contributed by atoms with Crippen molar-refractivity contribution >= 4 is 21.7 Å². The van der Waals surface area contributed by atoms with Gasteiger partial charge in [-0.2, -0.15) is 0 Å². The highest BCUT2D eigenvalue weighted by Crippen LogP contribution is 2.17. The van der Waals surface area contributed by atoms with Crippen molar-refractivity contribution in [2.75, 3.05) is 0 Å². The van der Waals surface area contributed by atoms with Crippen LogP contribution < -0.4 is 5.73 Å². The minimum atomic E-state index is -0.307. The minimum absolute atomic E-state index is 0.141. The number of Topliss-reactive ketones (excluding diaryl/α,β-unsaturated/α-hetero) is 1. The van der Waals surface area contributed by atoms with Gasteiger partial charge in [-0.15, -0.1) is 0 Å². The number of halogens is 2. The van der Waals surface area contributed by atoms with Crippen molar-refractivity contribution in [1.29, 1.82) is 0 Å². The van der Waals surface area contributed by atoms with Gasteiger partial charge in [0.25, 0.3) is 0 Å². The van der Waals surface area contributed by atoms with Crippen LogP contribution in [0.1, 0.15) is 31.7 Å². The summed E-state index contributed by atoms with van der Waals surface area (Å²) in [5, 5.41) is 0. The van der Waals surface area contributed by atoms with Gasteiger partial charge in [0.05, 0.1) is 4.47 Å². The molecule has 2 N–H and O–H groups in total. The summed E-state index contributed by atoms with van der Waals surface area (Å²) in [4.78, 5) is 11.6. The first-order chi connectivity index (χ1) is 7.99. The van der Waals surface area contributed by atoms with E-state index in [4.69, 9.17) is 5.73 Å². The SMILES string of the molecule is CC(N)CCCC(=O)Cc1ccc(F)c(Br)c1. The van der Waals surface area contributed by atoms with Gasteiger partial charge in [-0.25, -0.2) is 4.39 Å². The van der Waals surface area contributed by atoms with Crippen LogP contribution in [0.4, 0.5) is 4.39 Å². The molecule has 0 aliphatic heterocycles. The maximum Gasteiger partial charge on any atom is 0.137 e. The molecule has 1 atom stereocenters. The first-order valence-corrected chi connectivity index (χ1v) is 6.49. The van der Waals surface area contributed by atoms with Gasteiger partial charge in [0, 0.05) is 18.9 Å². The Kier molecular flexibility index (Phi) is 5.78. The molecular weight excluding hydrogens is 285 g/mol. The molecule has 0 aliphatic carbocycles. The van der Waals surface area contributed by atoms with Crippen LogP contribution in [0.5, 0.6) is 0 Å². The fraction of sp³-hybridized carbons (Fsp3) is 0.462. The van der Waals surface area contributed by atoms with E-state index in [1.807, 2.05) is 6.92 Å². The smallest absolute Gasteiger partial charge is 0.137 e. The number of carbonyl (C=O) groups is 1. The van der Waals surface area contributed by atoms with Crippen LogP contribution in [0.15, 0.2) is 22.7 Å². The van der Waals surface area contributed by atoms with E-state index >= 15 is 0 Å². The first kappa shape index (κ1) is 14.3. The molecule has 0 aromatic heterocycles.